The maximum absolute atomic E-state index is 12.2. The second kappa shape index (κ2) is 7.34. The van der Waals surface area contributed by atoms with Crippen LogP contribution in [0.25, 0.3) is 0 Å². The van der Waals surface area contributed by atoms with E-state index in [0.29, 0.717) is 16.5 Å². The maximum atomic E-state index is 12.2. The number of anilines is 1. The third kappa shape index (κ3) is 4.87. The molecule has 1 N–H and O–H groups in total. The summed E-state index contributed by atoms with van der Waals surface area (Å²) in [7, 11) is -2.43. The highest BCUT2D eigenvalue weighted by molar-refractivity contribution is 7.92. The van der Waals surface area contributed by atoms with Crippen molar-refractivity contribution in [1.29, 1.82) is 0 Å². The van der Waals surface area contributed by atoms with Crippen molar-refractivity contribution >= 4 is 33.3 Å². The summed E-state index contributed by atoms with van der Waals surface area (Å²) >= 11 is 5.74. The van der Waals surface area contributed by atoms with Crippen LogP contribution in [0.2, 0.25) is 5.02 Å². The molecular formula is C15H14ClNO5S. The molecule has 0 spiro atoms. The lowest BCUT2D eigenvalue weighted by molar-refractivity contribution is -0.142. The van der Waals surface area contributed by atoms with Gasteiger partial charge in [0.25, 0.3) is 10.0 Å². The highest BCUT2D eigenvalue weighted by Gasteiger charge is 2.14. The molecule has 2 aromatic rings. The number of carbonyl (C=O) groups is 1. The van der Waals surface area contributed by atoms with E-state index in [4.69, 9.17) is 16.3 Å². The van der Waals surface area contributed by atoms with Gasteiger partial charge in [0, 0.05) is 10.7 Å². The van der Waals surface area contributed by atoms with Crippen LogP contribution in [0.15, 0.2) is 53.4 Å². The topological polar surface area (TPSA) is 81.7 Å². The summed E-state index contributed by atoms with van der Waals surface area (Å²) in [5.41, 5.74) is 0.366. The minimum absolute atomic E-state index is 0.105. The number of sulfonamides is 1. The van der Waals surface area contributed by atoms with Gasteiger partial charge in [0.15, 0.2) is 6.61 Å². The number of esters is 1. The first kappa shape index (κ1) is 17.1. The van der Waals surface area contributed by atoms with Crippen LogP contribution in [0.5, 0.6) is 5.75 Å². The zero-order chi connectivity index (χ0) is 16.9. The summed E-state index contributed by atoms with van der Waals surface area (Å²) < 4.78 is 36.5. The molecule has 8 heteroatoms. The molecule has 2 aromatic carbocycles. The molecule has 0 aliphatic heterocycles. The van der Waals surface area contributed by atoms with Crippen molar-refractivity contribution in [3.05, 3.63) is 53.6 Å². The minimum atomic E-state index is -3.70. The molecule has 2 rings (SSSR count). The number of methoxy groups -OCH3 is 1. The van der Waals surface area contributed by atoms with Crippen molar-refractivity contribution in [1.82, 2.24) is 0 Å². The monoisotopic (exact) mass is 355 g/mol. The summed E-state index contributed by atoms with van der Waals surface area (Å²) in [6, 6.07) is 12.0. The lowest BCUT2D eigenvalue weighted by Crippen LogP contribution is -2.13. The fraction of sp³-hybridized carbons (Fsp3) is 0.133. The second-order valence-corrected chi connectivity index (χ2v) is 6.57. The van der Waals surface area contributed by atoms with E-state index in [0.717, 1.165) is 0 Å². The average Bonchev–Trinajstić information content (AvgIpc) is 2.54. The summed E-state index contributed by atoms with van der Waals surface area (Å²) in [5.74, 6) is -0.0811. The maximum Gasteiger partial charge on any atom is 0.343 e. The highest BCUT2D eigenvalue weighted by Crippen LogP contribution is 2.20. The van der Waals surface area contributed by atoms with E-state index in [1.54, 1.807) is 12.1 Å². The molecular weight excluding hydrogens is 342 g/mol. The van der Waals surface area contributed by atoms with Crippen LogP contribution < -0.4 is 9.46 Å². The van der Waals surface area contributed by atoms with Crippen molar-refractivity contribution in [3.8, 4) is 5.75 Å². The van der Waals surface area contributed by atoms with E-state index in [-0.39, 0.29) is 11.5 Å². The van der Waals surface area contributed by atoms with Crippen molar-refractivity contribution < 1.29 is 22.7 Å². The van der Waals surface area contributed by atoms with E-state index in [2.05, 4.69) is 9.46 Å². The molecule has 0 aliphatic rings. The normalized spacial score (nSPS) is 10.9. The zero-order valence-electron chi connectivity index (χ0n) is 12.2. The Morgan fingerprint density at radius 1 is 1.09 bits per heavy atom. The van der Waals surface area contributed by atoms with Crippen LogP contribution in [0, 0.1) is 0 Å². The molecule has 6 nitrogen and oxygen atoms in total. The van der Waals surface area contributed by atoms with Crippen molar-refractivity contribution in [2.45, 2.75) is 4.90 Å². The van der Waals surface area contributed by atoms with E-state index in [9.17, 15) is 13.2 Å². The highest BCUT2D eigenvalue weighted by atomic mass is 35.5. The summed E-state index contributed by atoms with van der Waals surface area (Å²) in [6.45, 7) is -0.216. The van der Waals surface area contributed by atoms with Crippen LogP contribution in [0.3, 0.4) is 0 Å². The Bertz CT molecular complexity index is 773. The minimum Gasteiger partial charge on any atom is -0.482 e. The predicted octanol–water partition coefficient (Wildman–Crippen LogP) is 2.69. The first-order valence-electron chi connectivity index (χ1n) is 6.49. The SMILES string of the molecule is COC(=O)COc1ccc(NS(=O)(=O)c2ccc(Cl)cc2)cc1. The molecule has 0 fully saturated rings. The van der Waals surface area contributed by atoms with Crippen LogP contribution in [0.4, 0.5) is 5.69 Å². The van der Waals surface area contributed by atoms with Gasteiger partial charge in [-0.2, -0.15) is 0 Å². The number of halogens is 1. The third-order valence-corrected chi connectivity index (χ3v) is 4.46. The van der Waals surface area contributed by atoms with Crippen molar-refractivity contribution in [3.63, 3.8) is 0 Å². The van der Waals surface area contributed by atoms with E-state index < -0.39 is 16.0 Å². The van der Waals surface area contributed by atoms with Gasteiger partial charge in [-0.05, 0) is 48.5 Å². The lowest BCUT2D eigenvalue weighted by atomic mass is 10.3. The predicted molar refractivity (Wildman–Crippen MR) is 86.2 cm³/mol. The fourth-order valence-corrected chi connectivity index (χ4v) is 2.83. The van der Waals surface area contributed by atoms with E-state index in [1.807, 2.05) is 0 Å². The van der Waals surface area contributed by atoms with E-state index >= 15 is 0 Å². The largest absolute Gasteiger partial charge is 0.482 e. The molecule has 122 valence electrons. The van der Waals surface area contributed by atoms with Gasteiger partial charge in [-0.3, -0.25) is 4.72 Å². The number of ether oxygens (including phenoxy) is 2. The molecule has 0 saturated heterocycles. The third-order valence-electron chi connectivity index (χ3n) is 2.81. The zero-order valence-corrected chi connectivity index (χ0v) is 13.7. The van der Waals surface area contributed by atoms with Crippen molar-refractivity contribution in [2.24, 2.45) is 0 Å². The molecule has 0 unspecified atom stereocenters. The van der Waals surface area contributed by atoms with Gasteiger partial charge in [0.2, 0.25) is 0 Å². The average molecular weight is 356 g/mol. The van der Waals surface area contributed by atoms with Gasteiger partial charge < -0.3 is 9.47 Å². The Morgan fingerprint density at radius 3 is 2.26 bits per heavy atom. The van der Waals surface area contributed by atoms with E-state index in [1.165, 1.54) is 43.5 Å². The molecule has 0 amide bonds. The molecule has 0 saturated carbocycles. The quantitative estimate of drug-likeness (QED) is 0.806. The Balaban J connectivity index is 2.05. The Labute approximate surface area is 139 Å². The fourth-order valence-electron chi connectivity index (χ4n) is 1.65. The van der Waals surface area contributed by atoms with Gasteiger partial charge >= 0.3 is 5.97 Å². The molecule has 23 heavy (non-hydrogen) atoms. The molecule has 0 aliphatic carbocycles. The molecule has 0 heterocycles. The smallest absolute Gasteiger partial charge is 0.343 e. The van der Waals surface area contributed by atoms with Crippen LogP contribution in [-0.2, 0) is 19.6 Å². The standard InChI is InChI=1S/C15H14ClNO5S/c1-21-15(18)10-22-13-6-4-12(5-7-13)17-23(19,20)14-8-2-11(16)3-9-14/h2-9,17H,10H2,1H3. The number of nitrogens with one attached hydrogen (secondary N) is 1. The molecule has 0 aromatic heterocycles. The van der Waals surface area contributed by atoms with Gasteiger partial charge in [-0.25, -0.2) is 13.2 Å². The first-order chi connectivity index (χ1) is 10.9. The number of rotatable bonds is 6. The molecule has 0 atom stereocenters. The van der Waals surface area contributed by atoms with Crippen LogP contribution in [0.1, 0.15) is 0 Å². The Kier molecular flexibility index (Phi) is 5.46. The number of hydrogen-bond donors (Lipinski definition) is 1. The lowest BCUT2D eigenvalue weighted by Gasteiger charge is -2.09. The first-order valence-corrected chi connectivity index (χ1v) is 8.35. The number of hydrogen-bond acceptors (Lipinski definition) is 5. The van der Waals surface area contributed by atoms with Gasteiger partial charge in [0.05, 0.1) is 12.0 Å². The molecule has 0 radical (unpaired) electrons. The molecule has 0 bridgehead atoms. The van der Waals surface area contributed by atoms with Crippen LogP contribution >= 0.6 is 11.6 Å². The number of benzene rings is 2. The van der Waals surface area contributed by atoms with Gasteiger partial charge in [-0.1, -0.05) is 11.6 Å². The summed E-state index contributed by atoms with van der Waals surface area (Å²) in [6.07, 6.45) is 0. The Hall–Kier alpha value is -2.25. The van der Waals surface area contributed by atoms with Gasteiger partial charge in [0.1, 0.15) is 5.75 Å². The Morgan fingerprint density at radius 2 is 1.70 bits per heavy atom. The summed E-state index contributed by atoms with van der Waals surface area (Å²) in [5, 5.41) is 0.455. The number of carbonyl (C=O) groups excluding carboxylic acids is 1. The van der Waals surface area contributed by atoms with Crippen molar-refractivity contribution in [2.75, 3.05) is 18.4 Å². The van der Waals surface area contributed by atoms with Crippen LogP contribution in [-0.4, -0.2) is 28.1 Å². The second-order valence-electron chi connectivity index (χ2n) is 4.45. The van der Waals surface area contributed by atoms with Gasteiger partial charge in [-0.15, -0.1) is 0 Å². The summed E-state index contributed by atoms with van der Waals surface area (Å²) in [4.78, 5) is 11.1.